The zero-order valence-electron chi connectivity index (χ0n) is 13.2. The number of hydrogen-bond donors (Lipinski definition) is 2. The summed E-state index contributed by atoms with van der Waals surface area (Å²) >= 11 is 0. The molecule has 0 unspecified atom stereocenters. The SMILES string of the molecule is CCCOc1c[nH]c(CN2C(=O)COc3ccc(N)nc32)cc1=O. The third-order valence-corrected chi connectivity index (χ3v) is 3.50. The standard InChI is InChI=1S/C16H18N4O4/c1-2-5-23-13-7-18-10(6-11(13)21)8-20-15(22)9-24-12-3-4-14(17)19-16(12)20/h3-4,6-7H,2,5,8-9H2,1H3,(H2,17,19)(H,18,21). The van der Waals surface area contributed by atoms with Crippen LogP contribution >= 0.6 is 0 Å². The van der Waals surface area contributed by atoms with Crippen molar-refractivity contribution in [3.63, 3.8) is 0 Å². The van der Waals surface area contributed by atoms with Crippen LogP contribution in [0.15, 0.2) is 29.2 Å². The molecule has 0 radical (unpaired) electrons. The maximum atomic E-state index is 12.2. The van der Waals surface area contributed by atoms with Crippen molar-refractivity contribution < 1.29 is 14.3 Å². The third-order valence-electron chi connectivity index (χ3n) is 3.50. The van der Waals surface area contributed by atoms with E-state index in [2.05, 4.69) is 9.97 Å². The summed E-state index contributed by atoms with van der Waals surface area (Å²) in [6, 6.07) is 4.69. The third kappa shape index (κ3) is 3.17. The van der Waals surface area contributed by atoms with Gasteiger partial charge in [-0.2, -0.15) is 0 Å². The number of hydrogen-bond acceptors (Lipinski definition) is 6. The van der Waals surface area contributed by atoms with Crippen LogP contribution < -0.4 is 25.5 Å². The van der Waals surface area contributed by atoms with Crippen LogP contribution in [0.2, 0.25) is 0 Å². The van der Waals surface area contributed by atoms with Gasteiger partial charge >= 0.3 is 0 Å². The van der Waals surface area contributed by atoms with Gasteiger partial charge in [-0.3, -0.25) is 14.5 Å². The first-order valence-corrected chi connectivity index (χ1v) is 7.62. The summed E-state index contributed by atoms with van der Waals surface area (Å²) in [5.41, 5.74) is 6.02. The lowest BCUT2D eigenvalue weighted by molar-refractivity contribution is -0.121. The van der Waals surface area contributed by atoms with Crippen molar-refractivity contribution in [2.24, 2.45) is 0 Å². The van der Waals surface area contributed by atoms with E-state index in [9.17, 15) is 9.59 Å². The molecule has 2 aromatic heterocycles. The maximum Gasteiger partial charge on any atom is 0.266 e. The van der Waals surface area contributed by atoms with Gasteiger partial charge in [0.25, 0.3) is 5.91 Å². The number of aromatic amines is 1. The number of rotatable bonds is 5. The Morgan fingerprint density at radius 2 is 2.25 bits per heavy atom. The second kappa shape index (κ2) is 6.61. The number of nitrogens with two attached hydrogens (primary N) is 1. The van der Waals surface area contributed by atoms with Crippen LogP contribution in [0.4, 0.5) is 11.6 Å². The van der Waals surface area contributed by atoms with E-state index < -0.39 is 0 Å². The Hall–Kier alpha value is -3.03. The highest BCUT2D eigenvalue weighted by atomic mass is 16.5. The van der Waals surface area contributed by atoms with Crippen LogP contribution in [0.5, 0.6) is 11.5 Å². The number of anilines is 2. The van der Waals surface area contributed by atoms with Crippen LogP contribution in [-0.2, 0) is 11.3 Å². The number of carbonyl (C=O) groups excluding carboxylic acids is 1. The molecule has 3 heterocycles. The molecule has 0 saturated heterocycles. The highest BCUT2D eigenvalue weighted by molar-refractivity contribution is 5.96. The molecule has 8 heteroatoms. The molecule has 0 saturated carbocycles. The molecule has 0 aromatic carbocycles. The summed E-state index contributed by atoms with van der Waals surface area (Å²) in [4.78, 5) is 32.8. The van der Waals surface area contributed by atoms with Gasteiger partial charge < -0.3 is 20.2 Å². The fraction of sp³-hybridized carbons (Fsp3) is 0.312. The minimum Gasteiger partial charge on any atom is -0.488 e. The molecule has 1 aliphatic rings. The molecular formula is C16H18N4O4. The van der Waals surface area contributed by atoms with E-state index in [4.69, 9.17) is 15.2 Å². The van der Waals surface area contributed by atoms with Crippen molar-refractivity contribution in [1.29, 1.82) is 0 Å². The van der Waals surface area contributed by atoms with Crippen molar-refractivity contribution in [2.75, 3.05) is 23.8 Å². The highest BCUT2D eigenvalue weighted by Gasteiger charge is 2.27. The van der Waals surface area contributed by atoms with E-state index in [1.54, 1.807) is 12.1 Å². The maximum absolute atomic E-state index is 12.2. The van der Waals surface area contributed by atoms with E-state index in [0.717, 1.165) is 6.42 Å². The molecule has 0 bridgehead atoms. The summed E-state index contributed by atoms with van der Waals surface area (Å²) in [6.07, 6.45) is 2.32. The number of aromatic nitrogens is 2. The monoisotopic (exact) mass is 330 g/mol. The lowest BCUT2D eigenvalue weighted by Gasteiger charge is -2.28. The molecule has 0 fully saturated rings. The van der Waals surface area contributed by atoms with Gasteiger partial charge in [0, 0.05) is 18.0 Å². The number of nitrogens with one attached hydrogen (secondary N) is 1. The Balaban J connectivity index is 1.86. The zero-order chi connectivity index (χ0) is 17.1. The number of nitrogen functional groups attached to an aromatic ring is 1. The predicted molar refractivity (Wildman–Crippen MR) is 88.2 cm³/mol. The number of amides is 1. The first-order chi connectivity index (χ1) is 11.6. The van der Waals surface area contributed by atoms with Crippen LogP contribution in [0.1, 0.15) is 19.0 Å². The molecule has 1 aliphatic heterocycles. The first-order valence-electron chi connectivity index (χ1n) is 7.62. The van der Waals surface area contributed by atoms with Gasteiger partial charge in [-0.1, -0.05) is 6.92 Å². The molecule has 8 nitrogen and oxygen atoms in total. The highest BCUT2D eigenvalue weighted by Crippen LogP contribution is 2.31. The van der Waals surface area contributed by atoms with Crippen LogP contribution in [-0.4, -0.2) is 29.1 Å². The van der Waals surface area contributed by atoms with E-state index in [0.29, 0.717) is 23.9 Å². The second-order valence-corrected chi connectivity index (χ2v) is 5.36. The van der Waals surface area contributed by atoms with Gasteiger partial charge in [0.05, 0.1) is 13.2 Å². The van der Waals surface area contributed by atoms with Gasteiger partial charge in [-0.05, 0) is 18.6 Å². The number of ether oxygens (including phenoxy) is 2. The quantitative estimate of drug-likeness (QED) is 0.848. The molecule has 0 aliphatic carbocycles. The van der Waals surface area contributed by atoms with Gasteiger partial charge in [-0.15, -0.1) is 0 Å². The molecule has 0 atom stereocenters. The smallest absolute Gasteiger partial charge is 0.266 e. The van der Waals surface area contributed by atoms with Crippen molar-refractivity contribution in [3.8, 4) is 11.5 Å². The summed E-state index contributed by atoms with van der Waals surface area (Å²) in [5.74, 6) is 1.12. The Labute approximate surface area is 138 Å². The normalized spacial score (nSPS) is 13.4. The fourth-order valence-corrected chi connectivity index (χ4v) is 2.34. The number of pyridine rings is 2. The van der Waals surface area contributed by atoms with Crippen molar-refractivity contribution in [3.05, 3.63) is 40.3 Å². The Morgan fingerprint density at radius 1 is 1.42 bits per heavy atom. The van der Waals surface area contributed by atoms with Gasteiger partial charge in [0.15, 0.2) is 23.9 Å². The molecule has 24 heavy (non-hydrogen) atoms. The van der Waals surface area contributed by atoms with E-state index in [1.807, 2.05) is 6.92 Å². The molecule has 3 rings (SSSR count). The van der Waals surface area contributed by atoms with Gasteiger partial charge in [0.2, 0.25) is 5.43 Å². The molecule has 126 valence electrons. The van der Waals surface area contributed by atoms with Crippen LogP contribution in [0, 0.1) is 0 Å². The minimum absolute atomic E-state index is 0.0828. The van der Waals surface area contributed by atoms with Crippen molar-refractivity contribution >= 4 is 17.5 Å². The largest absolute Gasteiger partial charge is 0.488 e. The number of nitrogens with zero attached hydrogens (tertiary/aromatic N) is 2. The molecule has 3 N–H and O–H groups in total. The minimum atomic E-state index is -0.257. The first kappa shape index (κ1) is 15.9. The summed E-state index contributed by atoms with van der Waals surface area (Å²) in [5, 5.41) is 0. The summed E-state index contributed by atoms with van der Waals surface area (Å²) in [7, 11) is 0. The topological polar surface area (TPSA) is 111 Å². The predicted octanol–water partition coefficient (Wildman–Crippen LogP) is 1.07. The molecular weight excluding hydrogens is 312 g/mol. The average molecular weight is 330 g/mol. The van der Waals surface area contributed by atoms with Gasteiger partial charge in [0.1, 0.15) is 5.82 Å². The fourth-order valence-electron chi connectivity index (χ4n) is 2.34. The van der Waals surface area contributed by atoms with Gasteiger partial charge in [-0.25, -0.2) is 4.98 Å². The van der Waals surface area contributed by atoms with Crippen molar-refractivity contribution in [1.82, 2.24) is 9.97 Å². The molecule has 2 aromatic rings. The van der Waals surface area contributed by atoms with Crippen molar-refractivity contribution in [2.45, 2.75) is 19.9 Å². The molecule has 0 spiro atoms. The summed E-state index contributed by atoms with van der Waals surface area (Å²) in [6.45, 7) is 2.51. The van der Waals surface area contributed by atoms with E-state index >= 15 is 0 Å². The lowest BCUT2D eigenvalue weighted by atomic mass is 10.2. The van der Waals surface area contributed by atoms with E-state index in [1.165, 1.54) is 17.2 Å². The average Bonchev–Trinajstić information content (AvgIpc) is 2.57. The number of fused-ring (bicyclic) bond motifs is 1. The Kier molecular flexibility index (Phi) is 4.37. The molecule has 1 amide bonds. The second-order valence-electron chi connectivity index (χ2n) is 5.36. The van der Waals surface area contributed by atoms with Crippen LogP contribution in [0.3, 0.4) is 0 Å². The lowest BCUT2D eigenvalue weighted by Crippen LogP contribution is -2.39. The Morgan fingerprint density at radius 3 is 3.00 bits per heavy atom. The number of H-pyrrole nitrogens is 1. The zero-order valence-corrected chi connectivity index (χ0v) is 13.2. The number of carbonyl (C=O) groups is 1. The Bertz CT molecular complexity index is 818. The van der Waals surface area contributed by atoms with Crippen LogP contribution in [0.25, 0.3) is 0 Å². The summed E-state index contributed by atoms with van der Waals surface area (Å²) < 4.78 is 10.7. The van der Waals surface area contributed by atoms with E-state index in [-0.39, 0.29) is 36.1 Å².